The van der Waals surface area contributed by atoms with Gasteiger partial charge in [-0.2, -0.15) is 0 Å². The molecular formula is C16H17BrN2OS. The molecule has 0 atom stereocenters. The van der Waals surface area contributed by atoms with Gasteiger partial charge in [0, 0.05) is 27.6 Å². The van der Waals surface area contributed by atoms with Crippen LogP contribution in [0.15, 0.2) is 46.3 Å². The van der Waals surface area contributed by atoms with E-state index in [-0.39, 0.29) is 5.91 Å². The first kappa shape index (κ1) is 14.8. The van der Waals surface area contributed by atoms with E-state index in [9.17, 15) is 4.79 Å². The van der Waals surface area contributed by atoms with Crippen molar-refractivity contribution in [2.75, 3.05) is 11.9 Å². The summed E-state index contributed by atoms with van der Waals surface area (Å²) < 4.78 is 1.01. The molecule has 110 valence electrons. The number of benzene rings is 1. The molecule has 1 heterocycles. The van der Waals surface area contributed by atoms with Crippen LogP contribution in [0.4, 0.5) is 5.69 Å². The van der Waals surface area contributed by atoms with Gasteiger partial charge < -0.3 is 5.32 Å². The molecule has 1 fully saturated rings. The minimum Gasteiger partial charge on any atom is -0.325 e. The summed E-state index contributed by atoms with van der Waals surface area (Å²) >= 11 is 5.14. The Labute approximate surface area is 137 Å². The maximum Gasteiger partial charge on any atom is 0.238 e. The fraction of sp³-hybridized carbons (Fsp3) is 0.312. The fourth-order valence-electron chi connectivity index (χ4n) is 2.27. The number of hydrogen-bond acceptors (Lipinski definition) is 3. The number of nitrogens with one attached hydrogen (secondary N) is 1. The summed E-state index contributed by atoms with van der Waals surface area (Å²) in [7, 11) is 0. The van der Waals surface area contributed by atoms with Gasteiger partial charge in [0.2, 0.25) is 5.91 Å². The lowest BCUT2D eigenvalue weighted by atomic mass is 10.3. The van der Waals surface area contributed by atoms with E-state index in [0.29, 0.717) is 12.6 Å². The Kier molecular flexibility index (Phi) is 4.73. The molecule has 0 unspecified atom stereocenters. The number of hydrogen-bond donors (Lipinski definition) is 1. The zero-order valence-corrected chi connectivity index (χ0v) is 14.0. The van der Waals surface area contributed by atoms with Crippen molar-refractivity contribution in [1.82, 2.24) is 4.90 Å². The number of rotatable bonds is 6. The standard InChI is InChI=1S/C16H17BrN2OS/c17-12-3-5-13(6-4-12)18-16(20)11-19(14-7-8-14)10-15-2-1-9-21-15/h1-6,9,14H,7-8,10-11H2,(H,18,20). The van der Waals surface area contributed by atoms with Crippen LogP contribution in [0.3, 0.4) is 0 Å². The fourth-order valence-corrected chi connectivity index (χ4v) is 3.27. The normalized spacial score (nSPS) is 14.4. The second kappa shape index (κ2) is 6.73. The highest BCUT2D eigenvalue weighted by Crippen LogP contribution is 2.29. The molecule has 0 spiro atoms. The topological polar surface area (TPSA) is 32.3 Å². The number of thiophene rings is 1. The monoisotopic (exact) mass is 364 g/mol. The maximum absolute atomic E-state index is 12.2. The Bertz CT molecular complexity index is 593. The summed E-state index contributed by atoms with van der Waals surface area (Å²) in [5.74, 6) is 0.0563. The van der Waals surface area contributed by atoms with Gasteiger partial charge in [-0.05, 0) is 48.6 Å². The summed E-state index contributed by atoms with van der Waals surface area (Å²) in [6.45, 7) is 1.33. The second-order valence-corrected chi connectivity index (χ2v) is 7.22. The largest absolute Gasteiger partial charge is 0.325 e. The zero-order valence-electron chi connectivity index (χ0n) is 11.6. The van der Waals surface area contributed by atoms with E-state index in [2.05, 4.69) is 43.7 Å². The highest BCUT2D eigenvalue weighted by Gasteiger charge is 2.30. The molecule has 0 bridgehead atoms. The Morgan fingerprint density at radius 3 is 2.67 bits per heavy atom. The smallest absolute Gasteiger partial charge is 0.238 e. The highest BCUT2D eigenvalue weighted by molar-refractivity contribution is 9.10. The van der Waals surface area contributed by atoms with Crippen LogP contribution in [0, 0.1) is 0 Å². The predicted molar refractivity (Wildman–Crippen MR) is 90.5 cm³/mol. The van der Waals surface area contributed by atoms with Gasteiger partial charge in [-0.3, -0.25) is 9.69 Å². The summed E-state index contributed by atoms with van der Waals surface area (Å²) in [6.07, 6.45) is 2.41. The zero-order chi connectivity index (χ0) is 14.7. The number of nitrogens with zero attached hydrogens (tertiary/aromatic N) is 1. The van der Waals surface area contributed by atoms with E-state index in [1.54, 1.807) is 11.3 Å². The molecule has 1 aromatic carbocycles. The van der Waals surface area contributed by atoms with Gasteiger partial charge in [0.1, 0.15) is 0 Å². The average Bonchev–Trinajstić information content (AvgIpc) is 3.19. The molecule has 1 aliphatic rings. The third-order valence-corrected chi connectivity index (χ3v) is 4.87. The number of amides is 1. The van der Waals surface area contributed by atoms with Crippen molar-refractivity contribution < 1.29 is 4.79 Å². The van der Waals surface area contributed by atoms with E-state index in [0.717, 1.165) is 16.7 Å². The molecule has 0 saturated heterocycles. The van der Waals surface area contributed by atoms with Crippen molar-refractivity contribution in [2.24, 2.45) is 0 Å². The second-order valence-electron chi connectivity index (χ2n) is 5.27. The van der Waals surface area contributed by atoms with Gasteiger partial charge in [-0.1, -0.05) is 22.0 Å². The van der Waals surface area contributed by atoms with Crippen LogP contribution in [-0.4, -0.2) is 23.4 Å². The molecule has 1 saturated carbocycles. The summed E-state index contributed by atoms with van der Waals surface area (Å²) in [5.41, 5.74) is 0.843. The molecule has 3 nitrogen and oxygen atoms in total. The minimum absolute atomic E-state index is 0.0563. The van der Waals surface area contributed by atoms with Gasteiger partial charge in [-0.25, -0.2) is 0 Å². The van der Waals surface area contributed by atoms with E-state index >= 15 is 0 Å². The molecule has 1 aliphatic carbocycles. The van der Waals surface area contributed by atoms with Crippen LogP contribution >= 0.6 is 27.3 Å². The quantitative estimate of drug-likeness (QED) is 0.836. The summed E-state index contributed by atoms with van der Waals surface area (Å²) in [5, 5.41) is 5.05. The number of halogens is 1. The van der Waals surface area contributed by atoms with E-state index in [1.807, 2.05) is 24.3 Å². The average molecular weight is 365 g/mol. The molecule has 3 rings (SSSR count). The van der Waals surface area contributed by atoms with Crippen molar-refractivity contribution >= 4 is 38.9 Å². The van der Waals surface area contributed by atoms with E-state index in [4.69, 9.17) is 0 Å². The Morgan fingerprint density at radius 2 is 2.05 bits per heavy atom. The van der Waals surface area contributed by atoms with Crippen molar-refractivity contribution in [2.45, 2.75) is 25.4 Å². The Morgan fingerprint density at radius 1 is 1.29 bits per heavy atom. The molecule has 5 heteroatoms. The van der Waals surface area contributed by atoms with Crippen molar-refractivity contribution in [3.8, 4) is 0 Å². The van der Waals surface area contributed by atoms with Gasteiger partial charge in [0.25, 0.3) is 0 Å². The molecule has 0 aliphatic heterocycles. The van der Waals surface area contributed by atoms with Gasteiger partial charge in [-0.15, -0.1) is 11.3 Å². The highest BCUT2D eigenvalue weighted by atomic mass is 79.9. The van der Waals surface area contributed by atoms with Crippen LogP contribution in [0.1, 0.15) is 17.7 Å². The van der Waals surface area contributed by atoms with Gasteiger partial charge in [0.05, 0.1) is 6.54 Å². The molecule has 0 radical (unpaired) electrons. The van der Waals surface area contributed by atoms with E-state index in [1.165, 1.54) is 17.7 Å². The van der Waals surface area contributed by atoms with Crippen molar-refractivity contribution in [3.05, 3.63) is 51.1 Å². The third kappa shape index (κ3) is 4.40. The van der Waals surface area contributed by atoms with Crippen LogP contribution in [0.25, 0.3) is 0 Å². The lowest BCUT2D eigenvalue weighted by molar-refractivity contribution is -0.117. The molecule has 21 heavy (non-hydrogen) atoms. The van der Waals surface area contributed by atoms with Gasteiger partial charge in [0.15, 0.2) is 0 Å². The Balaban J connectivity index is 1.57. The van der Waals surface area contributed by atoms with Crippen molar-refractivity contribution in [1.29, 1.82) is 0 Å². The number of anilines is 1. The first-order chi connectivity index (χ1) is 10.2. The number of carbonyl (C=O) groups is 1. The molecule has 1 amide bonds. The van der Waals surface area contributed by atoms with Crippen LogP contribution in [0.2, 0.25) is 0 Å². The molecule has 1 aromatic heterocycles. The van der Waals surface area contributed by atoms with Gasteiger partial charge >= 0.3 is 0 Å². The Hall–Kier alpha value is -1.17. The van der Waals surface area contributed by atoms with Crippen molar-refractivity contribution in [3.63, 3.8) is 0 Å². The predicted octanol–water partition coefficient (Wildman–Crippen LogP) is 4.11. The molecule has 1 N–H and O–H groups in total. The minimum atomic E-state index is 0.0563. The summed E-state index contributed by atoms with van der Waals surface area (Å²) in [6, 6.07) is 12.4. The SMILES string of the molecule is O=C(CN(Cc1cccs1)C1CC1)Nc1ccc(Br)cc1. The van der Waals surface area contributed by atoms with Crippen LogP contribution in [-0.2, 0) is 11.3 Å². The first-order valence-corrected chi connectivity index (χ1v) is 8.70. The molecular weight excluding hydrogens is 348 g/mol. The summed E-state index contributed by atoms with van der Waals surface area (Å²) in [4.78, 5) is 15.8. The van der Waals surface area contributed by atoms with E-state index < -0.39 is 0 Å². The van der Waals surface area contributed by atoms with Crippen LogP contribution in [0.5, 0.6) is 0 Å². The first-order valence-electron chi connectivity index (χ1n) is 7.02. The van der Waals surface area contributed by atoms with Crippen LogP contribution < -0.4 is 5.32 Å². The lowest BCUT2D eigenvalue weighted by Gasteiger charge is -2.20. The molecule has 2 aromatic rings. The number of carbonyl (C=O) groups excluding carboxylic acids is 1. The third-order valence-electron chi connectivity index (χ3n) is 3.48. The lowest BCUT2D eigenvalue weighted by Crippen LogP contribution is -2.34. The maximum atomic E-state index is 12.2.